The van der Waals surface area contributed by atoms with Crippen LogP contribution >= 0.6 is 0 Å². The molecule has 1 aromatic rings. The smallest absolute Gasteiger partial charge is 0.167 e. The van der Waals surface area contributed by atoms with Gasteiger partial charge in [0.2, 0.25) is 0 Å². The predicted molar refractivity (Wildman–Crippen MR) is 91.4 cm³/mol. The minimum atomic E-state index is -0.0581. The summed E-state index contributed by atoms with van der Waals surface area (Å²) >= 11 is 0. The summed E-state index contributed by atoms with van der Waals surface area (Å²) in [6.07, 6.45) is 5.37. The number of aliphatic hydroxyl groups excluding tert-OH is 1. The van der Waals surface area contributed by atoms with Crippen LogP contribution in [0.15, 0.2) is 24.0 Å². The molecule has 2 aliphatic rings. The van der Waals surface area contributed by atoms with E-state index in [0.29, 0.717) is 24.5 Å². The summed E-state index contributed by atoms with van der Waals surface area (Å²) in [7, 11) is 1.75. The van der Waals surface area contributed by atoms with Crippen molar-refractivity contribution in [1.29, 1.82) is 0 Å². The van der Waals surface area contributed by atoms with E-state index < -0.39 is 0 Å². The Bertz CT molecular complexity index is 649. The van der Waals surface area contributed by atoms with Gasteiger partial charge >= 0.3 is 0 Å². The predicted octanol–water partition coefficient (Wildman–Crippen LogP) is 4.51. The number of methoxy groups -OCH3 is 1. The summed E-state index contributed by atoms with van der Waals surface area (Å²) < 4.78 is 5.44. The van der Waals surface area contributed by atoms with Crippen LogP contribution in [0.5, 0.6) is 0 Å². The monoisotopic (exact) mass is 314 g/mol. The molecule has 0 bridgehead atoms. The fourth-order valence-electron chi connectivity index (χ4n) is 4.20. The fraction of sp³-hybridized carbons (Fsp3) is 0.550. The standard InChI is InChI=1S/C20H26O3/c1-13-4-5-14(2)16(10-13)19-17(21)11-20(12-18(19)22)8-6-15(23-3)7-9-20/h4-5,10,15,21H,6-9,11-12H2,1-3H3. The minimum absolute atomic E-state index is 0.0581. The van der Waals surface area contributed by atoms with Crippen molar-refractivity contribution in [2.24, 2.45) is 5.41 Å². The van der Waals surface area contributed by atoms with Crippen LogP contribution in [-0.2, 0) is 9.53 Å². The molecule has 0 heterocycles. The van der Waals surface area contributed by atoms with E-state index >= 15 is 0 Å². The number of rotatable bonds is 2. The Balaban J connectivity index is 1.91. The van der Waals surface area contributed by atoms with Crippen molar-refractivity contribution >= 4 is 11.4 Å². The minimum Gasteiger partial charge on any atom is -0.512 e. The van der Waals surface area contributed by atoms with E-state index in [2.05, 4.69) is 0 Å². The van der Waals surface area contributed by atoms with E-state index in [4.69, 9.17) is 4.74 Å². The Hall–Kier alpha value is -1.61. The Labute approximate surface area is 138 Å². The third-order valence-electron chi connectivity index (χ3n) is 5.63. The highest BCUT2D eigenvalue weighted by Gasteiger charge is 2.43. The highest BCUT2D eigenvalue weighted by molar-refractivity contribution is 6.22. The first-order valence-electron chi connectivity index (χ1n) is 8.50. The Morgan fingerprint density at radius 3 is 2.48 bits per heavy atom. The van der Waals surface area contributed by atoms with E-state index in [1.54, 1.807) is 7.11 Å². The van der Waals surface area contributed by atoms with Crippen molar-refractivity contribution in [2.75, 3.05) is 7.11 Å². The summed E-state index contributed by atoms with van der Waals surface area (Å²) in [5.74, 6) is 0.379. The molecule has 3 heteroatoms. The van der Waals surface area contributed by atoms with Gasteiger partial charge in [0, 0.05) is 20.0 Å². The number of ether oxygens (including phenoxy) is 1. The molecule has 0 radical (unpaired) electrons. The largest absolute Gasteiger partial charge is 0.512 e. The molecule has 2 aliphatic carbocycles. The average molecular weight is 314 g/mol. The molecular weight excluding hydrogens is 288 g/mol. The number of ketones is 1. The highest BCUT2D eigenvalue weighted by atomic mass is 16.5. The van der Waals surface area contributed by atoms with Gasteiger partial charge < -0.3 is 9.84 Å². The van der Waals surface area contributed by atoms with Gasteiger partial charge in [0.25, 0.3) is 0 Å². The molecule has 1 fully saturated rings. The number of benzene rings is 1. The van der Waals surface area contributed by atoms with Crippen molar-refractivity contribution in [1.82, 2.24) is 0 Å². The molecule has 23 heavy (non-hydrogen) atoms. The van der Waals surface area contributed by atoms with Gasteiger partial charge in [0.05, 0.1) is 11.7 Å². The van der Waals surface area contributed by atoms with Crippen LogP contribution < -0.4 is 0 Å². The molecule has 0 aromatic heterocycles. The van der Waals surface area contributed by atoms with Gasteiger partial charge in [0.1, 0.15) is 5.76 Å². The maximum absolute atomic E-state index is 12.8. The highest BCUT2D eigenvalue weighted by Crippen LogP contribution is 2.49. The molecular formula is C20H26O3. The number of hydrogen-bond acceptors (Lipinski definition) is 3. The van der Waals surface area contributed by atoms with Crippen molar-refractivity contribution in [3.63, 3.8) is 0 Å². The van der Waals surface area contributed by atoms with Crippen molar-refractivity contribution in [3.8, 4) is 0 Å². The third-order valence-corrected chi connectivity index (χ3v) is 5.63. The SMILES string of the molecule is COC1CCC2(CC1)CC(=O)C(c1cc(C)ccc1C)=C(O)C2. The first-order valence-corrected chi connectivity index (χ1v) is 8.50. The van der Waals surface area contributed by atoms with E-state index in [9.17, 15) is 9.90 Å². The molecule has 0 aliphatic heterocycles. The number of allylic oxidation sites excluding steroid dienone is 2. The Kier molecular flexibility index (Phi) is 4.33. The van der Waals surface area contributed by atoms with Crippen molar-refractivity contribution in [3.05, 3.63) is 40.6 Å². The average Bonchev–Trinajstić information content (AvgIpc) is 2.51. The van der Waals surface area contributed by atoms with Crippen LogP contribution in [0.3, 0.4) is 0 Å². The van der Waals surface area contributed by atoms with Gasteiger partial charge in [0.15, 0.2) is 5.78 Å². The third kappa shape index (κ3) is 3.07. The van der Waals surface area contributed by atoms with Gasteiger partial charge in [-0.15, -0.1) is 0 Å². The summed E-state index contributed by atoms with van der Waals surface area (Å²) in [6, 6.07) is 6.07. The van der Waals surface area contributed by atoms with E-state index in [-0.39, 0.29) is 17.0 Å². The van der Waals surface area contributed by atoms with E-state index in [1.807, 2.05) is 32.0 Å². The normalized spacial score (nSPS) is 28.5. The molecule has 0 unspecified atom stereocenters. The number of carbonyl (C=O) groups is 1. The summed E-state index contributed by atoms with van der Waals surface area (Å²) in [5, 5.41) is 10.7. The quantitative estimate of drug-likeness (QED) is 0.873. The summed E-state index contributed by atoms with van der Waals surface area (Å²) in [6.45, 7) is 4.01. The van der Waals surface area contributed by atoms with E-state index in [1.165, 1.54) is 0 Å². The van der Waals surface area contributed by atoms with E-state index in [0.717, 1.165) is 42.4 Å². The van der Waals surface area contributed by atoms with Crippen LogP contribution in [0.2, 0.25) is 0 Å². The lowest BCUT2D eigenvalue weighted by Crippen LogP contribution is -2.36. The maximum Gasteiger partial charge on any atom is 0.167 e. The molecule has 0 amide bonds. The zero-order valence-electron chi connectivity index (χ0n) is 14.3. The molecule has 1 saturated carbocycles. The second kappa shape index (κ2) is 6.12. The summed E-state index contributed by atoms with van der Waals surface area (Å²) in [4.78, 5) is 12.8. The number of hydrogen-bond donors (Lipinski definition) is 1. The number of carbonyl (C=O) groups excluding carboxylic acids is 1. The van der Waals surface area contributed by atoms with Crippen LogP contribution in [0.4, 0.5) is 0 Å². The first-order chi connectivity index (χ1) is 10.9. The first kappa shape index (κ1) is 16.3. The molecule has 1 aromatic carbocycles. The Morgan fingerprint density at radius 1 is 1.17 bits per heavy atom. The number of Topliss-reactive ketones (excluding diaryl/α,β-unsaturated/α-hetero) is 1. The molecule has 0 saturated heterocycles. The maximum atomic E-state index is 12.8. The molecule has 124 valence electrons. The lowest BCUT2D eigenvalue weighted by Gasteiger charge is -2.42. The number of aryl methyl sites for hydroxylation is 2. The Morgan fingerprint density at radius 2 is 1.87 bits per heavy atom. The zero-order chi connectivity index (χ0) is 16.6. The second-order valence-electron chi connectivity index (χ2n) is 7.35. The molecule has 0 atom stereocenters. The van der Waals surface area contributed by atoms with Gasteiger partial charge in [-0.25, -0.2) is 0 Å². The zero-order valence-corrected chi connectivity index (χ0v) is 14.3. The molecule has 1 spiro atoms. The summed E-state index contributed by atoms with van der Waals surface area (Å²) in [5.41, 5.74) is 3.54. The van der Waals surface area contributed by atoms with Gasteiger partial charge in [-0.05, 0) is 56.1 Å². The van der Waals surface area contributed by atoms with Crippen molar-refractivity contribution in [2.45, 2.75) is 58.5 Å². The molecule has 1 N–H and O–H groups in total. The van der Waals surface area contributed by atoms with Crippen LogP contribution in [0.1, 0.15) is 55.2 Å². The lowest BCUT2D eigenvalue weighted by molar-refractivity contribution is -0.118. The lowest BCUT2D eigenvalue weighted by atomic mass is 9.64. The van der Waals surface area contributed by atoms with Crippen LogP contribution in [0, 0.1) is 19.3 Å². The molecule has 3 nitrogen and oxygen atoms in total. The van der Waals surface area contributed by atoms with Gasteiger partial charge in [-0.2, -0.15) is 0 Å². The molecule has 3 rings (SSSR count). The van der Waals surface area contributed by atoms with Crippen molar-refractivity contribution < 1.29 is 14.6 Å². The van der Waals surface area contributed by atoms with Gasteiger partial charge in [-0.1, -0.05) is 23.8 Å². The van der Waals surface area contributed by atoms with Crippen LogP contribution in [0.25, 0.3) is 5.57 Å². The number of aliphatic hydroxyl groups is 1. The van der Waals surface area contributed by atoms with Crippen LogP contribution in [-0.4, -0.2) is 24.1 Å². The second-order valence-corrected chi connectivity index (χ2v) is 7.35. The topological polar surface area (TPSA) is 46.5 Å². The fourth-order valence-corrected chi connectivity index (χ4v) is 4.20. The van der Waals surface area contributed by atoms with Gasteiger partial charge in [-0.3, -0.25) is 4.79 Å².